The molecule has 380 valence electrons. The molecule has 0 rings (SSSR count). The normalized spacial score (nSPS) is 12.0. The summed E-state index contributed by atoms with van der Waals surface area (Å²) in [7, 11) is 0. The Kier molecular flexibility index (Phi) is 49.6. The van der Waals surface area contributed by atoms with Gasteiger partial charge in [0.15, 0.2) is 6.10 Å². The molecule has 0 N–H and O–H groups in total. The average Bonchev–Trinajstić information content (AvgIpc) is 3.27. The van der Waals surface area contributed by atoms with Crippen LogP contribution >= 0.6 is 0 Å². The maximum atomic E-state index is 12.8. The molecule has 6 nitrogen and oxygen atoms in total. The van der Waals surface area contributed by atoms with Crippen molar-refractivity contribution in [2.45, 2.75) is 330 Å². The summed E-state index contributed by atoms with van der Waals surface area (Å²) >= 11 is 0. The summed E-state index contributed by atoms with van der Waals surface area (Å²) in [6.45, 7) is 11.4. The molecule has 0 saturated heterocycles. The van der Waals surface area contributed by atoms with E-state index >= 15 is 0 Å². The van der Waals surface area contributed by atoms with Gasteiger partial charge in [-0.05, 0) is 31.1 Å². The molecule has 0 aromatic rings. The monoisotopic (exact) mass is 905 g/mol. The Morgan fingerprint density at radius 2 is 0.516 bits per heavy atom. The first-order valence-corrected chi connectivity index (χ1v) is 28.7. The first kappa shape index (κ1) is 62.4. The molecule has 0 saturated carbocycles. The standard InChI is InChI=1S/C58H112O6/c1-6-7-8-9-10-11-21-28-33-38-43-48-56(59)62-51-55(64-58(61)50-45-40-35-30-25-20-23-27-32-37-42-47-54(4)5)52-63-57(60)49-44-39-34-29-24-19-17-15-13-12-14-16-18-22-26-31-36-41-46-53(2)3/h53-55H,6-52H2,1-5H3/t55-/m1/s1. The molecule has 0 aromatic heterocycles. The summed E-state index contributed by atoms with van der Waals surface area (Å²) in [6.07, 6.45) is 53.8. The molecule has 6 heteroatoms. The van der Waals surface area contributed by atoms with Crippen LogP contribution in [0.4, 0.5) is 0 Å². The zero-order valence-corrected chi connectivity index (χ0v) is 43.9. The second kappa shape index (κ2) is 50.8. The van der Waals surface area contributed by atoms with Gasteiger partial charge in [0.1, 0.15) is 13.2 Å². The van der Waals surface area contributed by atoms with E-state index in [1.54, 1.807) is 0 Å². The van der Waals surface area contributed by atoms with Crippen LogP contribution in [0.5, 0.6) is 0 Å². The highest BCUT2D eigenvalue weighted by Crippen LogP contribution is 2.18. The highest BCUT2D eigenvalue weighted by molar-refractivity contribution is 5.71. The van der Waals surface area contributed by atoms with Gasteiger partial charge in [-0.3, -0.25) is 14.4 Å². The Balaban J connectivity index is 4.22. The molecule has 0 aliphatic rings. The molecule has 0 heterocycles. The van der Waals surface area contributed by atoms with Crippen LogP contribution in [-0.2, 0) is 28.6 Å². The molecule has 0 aromatic carbocycles. The summed E-state index contributed by atoms with van der Waals surface area (Å²) in [5.74, 6) is 0.843. The van der Waals surface area contributed by atoms with Crippen molar-refractivity contribution in [1.29, 1.82) is 0 Å². The van der Waals surface area contributed by atoms with Crippen molar-refractivity contribution in [3.05, 3.63) is 0 Å². The fourth-order valence-corrected chi connectivity index (χ4v) is 8.87. The molecule has 0 unspecified atom stereocenters. The third kappa shape index (κ3) is 51.4. The highest BCUT2D eigenvalue weighted by Gasteiger charge is 2.19. The van der Waals surface area contributed by atoms with E-state index in [-0.39, 0.29) is 31.1 Å². The molecule has 64 heavy (non-hydrogen) atoms. The second-order valence-electron chi connectivity index (χ2n) is 20.9. The van der Waals surface area contributed by atoms with E-state index in [0.717, 1.165) is 69.6 Å². The molecule has 0 radical (unpaired) electrons. The minimum absolute atomic E-state index is 0.0628. The van der Waals surface area contributed by atoms with E-state index in [0.29, 0.717) is 19.3 Å². The van der Waals surface area contributed by atoms with Gasteiger partial charge in [0.05, 0.1) is 0 Å². The molecule has 0 spiro atoms. The molecule has 0 aliphatic heterocycles. The maximum Gasteiger partial charge on any atom is 0.306 e. The van der Waals surface area contributed by atoms with Crippen molar-refractivity contribution in [2.24, 2.45) is 11.8 Å². The molecule has 0 bridgehead atoms. The van der Waals surface area contributed by atoms with Gasteiger partial charge in [0.25, 0.3) is 0 Å². The largest absolute Gasteiger partial charge is 0.462 e. The molecular formula is C58H112O6. The summed E-state index contributed by atoms with van der Waals surface area (Å²) in [4.78, 5) is 38.1. The van der Waals surface area contributed by atoms with E-state index in [1.165, 1.54) is 212 Å². The number of carbonyl (C=O) groups is 3. The summed E-state index contributed by atoms with van der Waals surface area (Å²) < 4.78 is 16.9. The Morgan fingerprint density at radius 1 is 0.297 bits per heavy atom. The van der Waals surface area contributed by atoms with Crippen molar-refractivity contribution in [2.75, 3.05) is 13.2 Å². The SMILES string of the molecule is CCCCCCCCCCCCCC(=O)OC[C@H](COC(=O)CCCCCCCCCCCCCCCCCCCCC(C)C)OC(=O)CCCCCCCCCCCCCC(C)C. The lowest BCUT2D eigenvalue weighted by Gasteiger charge is -2.18. The minimum atomic E-state index is -0.762. The number of unbranched alkanes of at least 4 members (excludes halogenated alkanes) is 37. The predicted molar refractivity (Wildman–Crippen MR) is 275 cm³/mol. The van der Waals surface area contributed by atoms with Gasteiger partial charge >= 0.3 is 17.9 Å². The van der Waals surface area contributed by atoms with Crippen LogP contribution < -0.4 is 0 Å². The van der Waals surface area contributed by atoms with E-state index in [2.05, 4.69) is 34.6 Å². The van der Waals surface area contributed by atoms with Crippen LogP contribution in [0.3, 0.4) is 0 Å². The number of hydrogen-bond acceptors (Lipinski definition) is 6. The summed E-state index contributed by atoms with van der Waals surface area (Å²) in [6, 6.07) is 0. The number of hydrogen-bond donors (Lipinski definition) is 0. The van der Waals surface area contributed by atoms with E-state index in [1.807, 2.05) is 0 Å². The molecular weight excluding hydrogens is 793 g/mol. The fraction of sp³-hybridized carbons (Fsp3) is 0.948. The third-order valence-electron chi connectivity index (χ3n) is 13.2. The number of esters is 3. The van der Waals surface area contributed by atoms with Gasteiger partial charge in [0.2, 0.25) is 0 Å². The molecule has 0 fully saturated rings. The Labute approximate surface area is 399 Å². The van der Waals surface area contributed by atoms with Crippen molar-refractivity contribution in [3.8, 4) is 0 Å². The van der Waals surface area contributed by atoms with Crippen molar-refractivity contribution in [3.63, 3.8) is 0 Å². The Hall–Kier alpha value is -1.59. The highest BCUT2D eigenvalue weighted by atomic mass is 16.6. The van der Waals surface area contributed by atoms with E-state index < -0.39 is 6.10 Å². The summed E-state index contributed by atoms with van der Waals surface area (Å²) in [5.41, 5.74) is 0. The van der Waals surface area contributed by atoms with Crippen LogP contribution in [0.25, 0.3) is 0 Å². The quantitative estimate of drug-likeness (QED) is 0.0344. The number of ether oxygens (including phenoxy) is 3. The van der Waals surface area contributed by atoms with Crippen LogP contribution in [0, 0.1) is 11.8 Å². The lowest BCUT2D eigenvalue weighted by atomic mass is 10.0. The second-order valence-corrected chi connectivity index (χ2v) is 20.9. The van der Waals surface area contributed by atoms with Gasteiger partial charge < -0.3 is 14.2 Å². The van der Waals surface area contributed by atoms with Gasteiger partial charge in [-0.1, -0.05) is 285 Å². The Bertz CT molecular complexity index is 978. The van der Waals surface area contributed by atoms with Crippen LogP contribution in [0.15, 0.2) is 0 Å². The Morgan fingerprint density at radius 3 is 0.766 bits per heavy atom. The predicted octanol–water partition coefficient (Wildman–Crippen LogP) is 18.9. The molecule has 0 amide bonds. The minimum Gasteiger partial charge on any atom is -0.462 e. The van der Waals surface area contributed by atoms with Crippen molar-refractivity contribution >= 4 is 17.9 Å². The smallest absolute Gasteiger partial charge is 0.306 e. The zero-order valence-electron chi connectivity index (χ0n) is 43.9. The maximum absolute atomic E-state index is 12.8. The lowest BCUT2D eigenvalue weighted by molar-refractivity contribution is -0.167. The van der Waals surface area contributed by atoms with Crippen LogP contribution in [0.2, 0.25) is 0 Å². The van der Waals surface area contributed by atoms with Gasteiger partial charge in [-0.15, -0.1) is 0 Å². The van der Waals surface area contributed by atoms with Crippen molar-refractivity contribution in [1.82, 2.24) is 0 Å². The zero-order chi connectivity index (χ0) is 46.8. The lowest BCUT2D eigenvalue weighted by Crippen LogP contribution is -2.30. The van der Waals surface area contributed by atoms with Crippen LogP contribution in [-0.4, -0.2) is 37.2 Å². The topological polar surface area (TPSA) is 78.9 Å². The first-order chi connectivity index (χ1) is 31.2. The molecule has 1 atom stereocenters. The van der Waals surface area contributed by atoms with Crippen LogP contribution in [0.1, 0.15) is 324 Å². The third-order valence-corrected chi connectivity index (χ3v) is 13.2. The van der Waals surface area contributed by atoms with Crippen molar-refractivity contribution < 1.29 is 28.6 Å². The molecule has 0 aliphatic carbocycles. The van der Waals surface area contributed by atoms with Gasteiger partial charge in [0, 0.05) is 19.3 Å². The van der Waals surface area contributed by atoms with E-state index in [9.17, 15) is 14.4 Å². The van der Waals surface area contributed by atoms with E-state index in [4.69, 9.17) is 14.2 Å². The average molecular weight is 906 g/mol. The number of rotatable bonds is 52. The number of carbonyl (C=O) groups excluding carboxylic acids is 3. The first-order valence-electron chi connectivity index (χ1n) is 28.7. The summed E-state index contributed by atoms with van der Waals surface area (Å²) in [5, 5.41) is 0. The van der Waals surface area contributed by atoms with Gasteiger partial charge in [-0.2, -0.15) is 0 Å². The van der Waals surface area contributed by atoms with Gasteiger partial charge in [-0.25, -0.2) is 0 Å². The fourth-order valence-electron chi connectivity index (χ4n) is 8.87.